The number of terminal acetylenes is 1. The van der Waals surface area contributed by atoms with Crippen molar-refractivity contribution < 1.29 is 18.7 Å². The quantitative estimate of drug-likeness (QED) is 0.311. The molecule has 0 aromatic heterocycles. The zero-order valence-electron chi connectivity index (χ0n) is 18.4. The molecule has 6 heteroatoms. The van der Waals surface area contributed by atoms with Gasteiger partial charge in [0.05, 0.1) is 31.3 Å². The molecule has 1 rings (SSSR count). The summed E-state index contributed by atoms with van der Waals surface area (Å²) in [5, 5.41) is 9.39. The van der Waals surface area contributed by atoms with E-state index in [2.05, 4.69) is 45.9 Å². The van der Waals surface area contributed by atoms with E-state index in [9.17, 15) is 10.1 Å². The minimum atomic E-state index is -2.16. The summed E-state index contributed by atoms with van der Waals surface area (Å²) >= 11 is 0. The van der Waals surface area contributed by atoms with Gasteiger partial charge in [0.25, 0.3) is 0 Å². The van der Waals surface area contributed by atoms with Gasteiger partial charge in [0.1, 0.15) is 0 Å². The highest BCUT2D eigenvalue weighted by Crippen LogP contribution is 2.38. The maximum absolute atomic E-state index is 11.4. The van der Waals surface area contributed by atoms with Gasteiger partial charge in [-0.1, -0.05) is 57.0 Å². The topological polar surface area (TPSA) is 68.6 Å². The third-order valence-corrected chi connectivity index (χ3v) is 9.71. The Morgan fingerprint density at radius 1 is 1.21 bits per heavy atom. The number of nitriles is 1. The molecule has 0 heterocycles. The van der Waals surface area contributed by atoms with Crippen LogP contribution < -0.4 is 0 Å². The van der Waals surface area contributed by atoms with Crippen molar-refractivity contribution in [3.05, 3.63) is 35.9 Å². The van der Waals surface area contributed by atoms with Crippen LogP contribution in [0.2, 0.25) is 18.1 Å². The van der Waals surface area contributed by atoms with Gasteiger partial charge in [0, 0.05) is 13.3 Å². The molecule has 0 N–H and O–H groups in total. The normalized spacial score (nSPS) is 14.9. The summed E-state index contributed by atoms with van der Waals surface area (Å²) in [5.41, 5.74) is 1.00. The van der Waals surface area contributed by atoms with Crippen LogP contribution in [-0.4, -0.2) is 32.6 Å². The molecule has 1 aromatic carbocycles. The molecule has 0 aliphatic rings. The number of carbonyl (C=O) groups excluding carboxylic acids is 1. The number of nitrogens with zero attached hydrogens (tertiary/aromatic N) is 1. The number of hydrogen-bond acceptors (Lipinski definition) is 5. The van der Waals surface area contributed by atoms with Crippen molar-refractivity contribution in [3.63, 3.8) is 0 Å². The molecule has 0 aliphatic heterocycles. The summed E-state index contributed by atoms with van der Waals surface area (Å²) < 4.78 is 17.9. The Morgan fingerprint density at radius 3 is 2.31 bits per heavy atom. The second kappa shape index (κ2) is 11.2. The van der Waals surface area contributed by atoms with E-state index >= 15 is 0 Å². The maximum Gasteiger partial charge on any atom is 0.303 e. The molecule has 3 atom stereocenters. The molecule has 0 spiro atoms. The third-order valence-electron chi connectivity index (χ3n) is 5.21. The fourth-order valence-corrected chi connectivity index (χ4v) is 3.91. The molecule has 1 aromatic rings. The highest BCUT2D eigenvalue weighted by atomic mass is 28.4. The first-order valence-corrected chi connectivity index (χ1v) is 12.7. The lowest BCUT2D eigenvalue weighted by Gasteiger charge is -2.41. The Bertz CT molecular complexity index is 728. The zero-order chi connectivity index (χ0) is 22.1. The Balaban J connectivity index is 3.09. The molecule has 29 heavy (non-hydrogen) atoms. The van der Waals surface area contributed by atoms with E-state index in [1.807, 2.05) is 30.3 Å². The van der Waals surface area contributed by atoms with Crippen molar-refractivity contribution in [1.82, 2.24) is 0 Å². The number of rotatable bonds is 10. The first-order valence-electron chi connectivity index (χ1n) is 9.83. The molecule has 5 nitrogen and oxygen atoms in total. The van der Waals surface area contributed by atoms with Crippen LogP contribution in [0.1, 0.15) is 46.1 Å². The lowest BCUT2D eigenvalue weighted by atomic mass is 10.0. The highest BCUT2D eigenvalue weighted by molar-refractivity contribution is 6.74. The van der Waals surface area contributed by atoms with Crippen LogP contribution >= 0.6 is 0 Å². The summed E-state index contributed by atoms with van der Waals surface area (Å²) in [7, 11) is -2.16. The molecular weight excluding hydrogens is 382 g/mol. The number of carbonyl (C=O) groups is 1. The van der Waals surface area contributed by atoms with Crippen molar-refractivity contribution in [2.45, 2.75) is 83.6 Å². The standard InChI is InChI=1S/C23H33NO4Si/c1-8-20(27-18(2)25)16-22(26-17-19-12-10-9-11-13-19)21(14-15-24)28-29(6,7)23(3,4)5/h1,9-13,20-22H,14,16-17H2,2-7H3/t20-,21+,22-/m1/s1. The van der Waals surface area contributed by atoms with Crippen LogP contribution in [0.5, 0.6) is 0 Å². The Morgan fingerprint density at radius 2 is 1.83 bits per heavy atom. The first kappa shape index (κ1) is 24.9. The Labute approximate surface area is 176 Å². The summed E-state index contributed by atoms with van der Waals surface area (Å²) in [4.78, 5) is 11.4. The van der Waals surface area contributed by atoms with E-state index in [4.69, 9.17) is 20.3 Å². The Kier molecular flexibility index (Phi) is 9.59. The largest absolute Gasteiger partial charge is 0.449 e. The fourth-order valence-electron chi connectivity index (χ4n) is 2.56. The average molecular weight is 416 g/mol. The summed E-state index contributed by atoms with van der Waals surface area (Å²) in [6.45, 7) is 12.4. The number of benzene rings is 1. The van der Waals surface area contributed by atoms with Gasteiger partial charge in [0.15, 0.2) is 14.4 Å². The molecular formula is C23H33NO4Si. The second-order valence-corrected chi connectivity index (χ2v) is 13.4. The van der Waals surface area contributed by atoms with E-state index in [0.29, 0.717) is 6.61 Å². The monoisotopic (exact) mass is 415 g/mol. The van der Waals surface area contributed by atoms with Crippen LogP contribution in [0.15, 0.2) is 30.3 Å². The predicted octanol–water partition coefficient (Wildman–Crippen LogP) is 4.83. The number of esters is 1. The van der Waals surface area contributed by atoms with Crippen molar-refractivity contribution in [2.75, 3.05) is 0 Å². The lowest BCUT2D eigenvalue weighted by Crippen LogP contribution is -2.48. The average Bonchev–Trinajstić information content (AvgIpc) is 2.63. The van der Waals surface area contributed by atoms with Crippen molar-refractivity contribution in [2.24, 2.45) is 0 Å². The van der Waals surface area contributed by atoms with Crippen molar-refractivity contribution >= 4 is 14.3 Å². The molecule has 0 saturated heterocycles. The lowest BCUT2D eigenvalue weighted by molar-refractivity contribution is -0.146. The fraction of sp³-hybridized carbons (Fsp3) is 0.565. The molecule has 0 amide bonds. The van der Waals surface area contributed by atoms with Crippen molar-refractivity contribution in [1.29, 1.82) is 5.26 Å². The van der Waals surface area contributed by atoms with Crippen LogP contribution in [0.4, 0.5) is 0 Å². The van der Waals surface area contributed by atoms with Gasteiger partial charge in [0.2, 0.25) is 0 Å². The van der Waals surface area contributed by atoms with Gasteiger partial charge < -0.3 is 13.9 Å². The van der Waals surface area contributed by atoms with E-state index in [1.165, 1.54) is 6.92 Å². The summed E-state index contributed by atoms with van der Waals surface area (Å²) in [6.07, 6.45) is 4.32. The van der Waals surface area contributed by atoms with Crippen LogP contribution in [0, 0.1) is 23.7 Å². The molecule has 0 bridgehead atoms. The molecule has 0 unspecified atom stereocenters. The van der Waals surface area contributed by atoms with Gasteiger partial charge in [-0.05, 0) is 23.7 Å². The Hall–Kier alpha value is -2.12. The van der Waals surface area contributed by atoms with Crippen LogP contribution in [0.3, 0.4) is 0 Å². The SMILES string of the molecule is C#C[C@H](C[C@@H](OCc1ccccc1)[C@H](CC#N)O[Si](C)(C)C(C)(C)C)OC(C)=O. The van der Waals surface area contributed by atoms with Gasteiger partial charge in [-0.15, -0.1) is 6.42 Å². The first-order chi connectivity index (χ1) is 13.5. The van der Waals surface area contributed by atoms with E-state index in [-0.39, 0.29) is 17.9 Å². The molecule has 0 aliphatic carbocycles. The van der Waals surface area contributed by atoms with Crippen molar-refractivity contribution in [3.8, 4) is 18.4 Å². The van der Waals surface area contributed by atoms with E-state index in [0.717, 1.165) is 5.56 Å². The highest BCUT2D eigenvalue weighted by Gasteiger charge is 2.41. The second-order valence-electron chi connectivity index (χ2n) is 8.61. The molecule has 158 valence electrons. The van der Waals surface area contributed by atoms with Gasteiger partial charge in [-0.2, -0.15) is 5.26 Å². The van der Waals surface area contributed by atoms with E-state index in [1.54, 1.807) is 0 Å². The minimum Gasteiger partial charge on any atom is -0.449 e. The van der Waals surface area contributed by atoms with Gasteiger partial charge in [-0.3, -0.25) is 4.79 Å². The third kappa shape index (κ3) is 8.41. The van der Waals surface area contributed by atoms with Gasteiger partial charge >= 0.3 is 5.97 Å². The maximum atomic E-state index is 11.4. The molecule has 0 saturated carbocycles. The smallest absolute Gasteiger partial charge is 0.303 e. The predicted molar refractivity (Wildman–Crippen MR) is 116 cm³/mol. The zero-order valence-corrected chi connectivity index (χ0v) is 19.4. The number of hydrogen-bond donors (Lipinski definition) is 0. The molecule has 0 fully saturated rings. The molecule has 0 radical (unpaired) electrons. The number of ether oxygens (including phenoxy) is 2. The van der Waals surface area contributed by atoms with Crippen LogP contribution in [-0.2, 0) is 25.3 Å². The summed E-state index contributed by atoms with van der Waals surface area (Å²) in [6, 6.07) is 12.0. The summed E-state index contributed by atoms with van der Waals surface area (Å²) in [5.74, 6) is 2.05. The van der Waals surface area contributed by atoms with Gasteiger partial charge in [-0.25, -0.2) is 0 Å². The van der Waals surface area contributed by atoms with Crippen LogP contribution in [0.25, 0.3) is 0 Å². The minimum absolute atomic E-state index is 0.0217. The van der Waals surface area contributed by atoms with E-state index < -0.39 is 32.6 Å².